The number of benzene rings is 1. The molecule has 0 aliphatic heterocycles. The van der Waals surface area contributed by atoms with Crippen molar-refractivity contribution in [2.75, 3.05) is 26.1 Å². The number of carbonyl (C=O) groups is 1. The minimum absolute atomic E-state index is 0. The Hall–Kier alpha value is -1.54. The van der Waals surface area contributed by atoms with E-state index in [1.165, 1.54) is 0 Å². The van der Waals surface area contributed by atoms with E-state index in [1.807, 2.05) is 0 Å². The predicted octanol–water partition coefficient (Wildman–Crippen LogP) is 3.76. The van der Waals surface area contributed by atoms with Crippen LogP contribution in [0, 0.1) is 17.8 Å². The number of esters is 1. The molecule has 0 aromatic heterocycles. The minimum atomic E-state index is -3.37. The Morgan fingerprint density at radius 2 is 1.93 bits per heavy atom. The molecule has 0 spiro atoms. The van der Waals surface area contributed by atoms with Crippen LogP contribution in [0.4, 0.5) is 0 Å². The van der Waals surface area contributed by atoms with Crippen molar-refractivity contribution in [3.63, 3.8) is 0 Å². The summed E-state index contributed by atoms with van der Waals surface area (Å²) in [6, 6.07) is 8.41. The highest BCUT2D eigenvalue weighted by Crippen LogP contribution is 2.40. The van der Waals surface area contributed by atoms with Gasteiger partial charge >= 0.3 is 5.97 Å². The monoisotopic (exact) mass is 403 g/mol. The third-order valence-electron chi connectivity index (χ3n) is 4.63. The molecule has 1 aliphatic rings. The number of aliphatic hydroxyl groups is 1. The topological polar surface area (TPSA) is 49.8 Å². The van der Waals surface area contributed by atoms with Gasteiger partial charge in [0.25, 0.3) is 0 Å². The summed E-state index contributed by atoms with van der Waals surface area (Å²) in [7, 11) is 0. The number of nitrogens with zero attached hydrogens (tertiary/aromatic N) is 1. The van der Waals surface area contributed by atoms with Crippen LogP contribution in [0.1, 0.15) is 65.1 Å². The summed E-state index contributed by atoms with van der Waals surface area (Å²) in [5.74, 6) is 3.41. The number of halogens is 1. The molecule has 1 N–H and O–H groups in total. The molecule has 4 nitrogen and oxygen atoms in total. The molecule has 1 aromatic rings. The Morgan fingerprint density at radius 3 is 2.56 bits per heavy atom. The van der Waals surface area contributed by atoms with Crippen LogP contribution >= 0.6 is 12.4 Å². The molecule has 0 amide bonds. The number of ether oxygens (including phenoxy) is 1. The van der Waals surface area contributed by atoms with Gasteiger partial charge in [0.05, 0.1) is 6.54 Å². The first-order chi connectivity index (χ1) is 16.5. The fraction of sp³-hybridized carbons (Fsp3) is 0.591. The van der Waals surface area contributed by atoms with E-state index in [2.05, 4.69) is 11.8 Å². The molecule has 1 atom stereocenters. The van der Waals surface area contributed by atoms with Gasteiger partial charge in [-0.1, -0.05) is 75.1 Å². The lowest BCUT2D eigenvalue weighted by Gasteiger charge is -2.36. The van der Waals surface area contributed by atoms with Crippen molar-refractivity contribution in [3.05, 3.63) is 35.9 Å². The highest BCUT2D eigenvalue weighted by Gasteiger charge is 2.46. The molecular formula is C22H32ClNO3. The summed E-state index contributed by atoms with van der Waals surface area (Å²) in [4.78, 5) is 13.0. The molecule has 150 valence electrons. The van der Waals surface area contributed by atoms with Gasteiger partial charge in [0.15, 0.2) is 12.2 Å². The van der Waals surface area contributed by atoms with Crippen molar-refractivity contribution in [3.8, 4) is 11.8 Å². The molecule has 1 unspecified atom stereocenters. The third kappa shape index (κ3) is 6.24. The van der Waals surface area contributed by atoms with Crippen molar-refractivity contribution in [1.82, 2.24) is 4.90 Å². The van der Waals surface area contributed by atoms with E-state index in [4.69, 9.17) is 18.4 Å². The highest BCUT2D eigenvalue weighted by molar-refractivity contribution is 5.85. The molecule has 1 fully saturated rings. The zero-order valence-electron chi connectivity index (χ0n) is 25.0. The minimum Gasteiger partial charge on any atom is -0.450 e. The lowest BCUT2D eigenvalue weighted by atomic mass is 9.73. The lowest BCUT2D eigenvalue weighted by molar-refractivity contribution is -0.174. The molecule has 0 heterocycles. The van der Waals surface area contributed by atoms with Crippen molar-refractivity contribution in [2.24, 2.45) is 5.92 Å². The third-order valence-corrected chi connectivity index (χ3v) is 4.63. The number of carbonyl (C=O) groups excluding carboxylic acids is 1. The largest absolute Gasteiger partial charge is 0.450 e. The normalized spacial score (nSPS) is 24.1. The van der Waals surface area contributed by atoms with Gasteiger partial charge in [0, 0.05) is 19.6 Å². The molecule has 0 bridgehead atoms. The summed E-state index contributed by atoms with van der Waals surface area (Å²) in [6.07, 6.45) is 4.00. The van der Waals surface area contributed by atoms with Crippen LogP contribution in [0.2, 0.25) is 0 Å². The smallest absolute Gasteiger partial charge is 0.344 e. The van der Waals surface area contributed by atoms with Crippen molar-refractivity contribution < 1.29 is 28.3 Å². The van der Waals surface area contributed by atoms with Gasteiger partial charge < -0.3 is 9.84 Å². The molecule has 5 heteroatoms. The van der Waals surface area contributed by atoms with Gasteiger partial charge in [-0.25, -0.2) is 4.79 Å². The first kappa shape index (κ1) is 12.1. The lowest BCUT2D eigenvalue weighted by Crippen LogP contribution is -2.45. The molecule has 2 rings (SSSR count). The Labute approximate surface area is 183 Å². The first-order valence-electron chi connectivity index (χ1n) is 13.7. The predicted molar refractivity (Wildman–Crippen MR) is 111 cm³/mol. The number of hydrogen-bond donors (Lipinski definition) is 1. The maximum Gasteiger partial charge on any atom is 0.344 e. The van der Waals surface area contributed by atoms with E-state index >= 15 is 0 Å². The van der Waals surface area contributed by atoms with E-state index in [9.17, 15) is 9.90 Å². The van der Waals surface area contributed by atoms with Gasteiger partial charge in [0.2, 0.25) is 0 Å². The Kier molecular flexibility index (Phi) is 5.39. The number of hydrogen-bond acceptors (Lipinski definition) is 4. The van der Waals surface area contributed by atoms with Crippen molar-refractivity contribution >= 4 is 18.4 Å². The Bertz CT molecular complexity index is 927. The fourth-order valence-electron chi connectivity index (χ4n) is 3.24. The van der Waals surface area contributed by atoms with Gasteiger partial charge in [-0.15, -0.1) is 12.4 Å². The fourth-order valence-corrected chi connectivity index (χ4v) is 3.24. The van der Waals surface area contributed by atoms with Gasteiger partial charge in [0.1, 0.15) is 0 Å². The summed E-state index contributed by atoms with van der Waals surface area (Å²) < 4.78 is 81.0. The second-order valence-electron chi connectivity index (χ2n) is 6.21. The highest BCUT2D eigenvalue weighted by atomic mass is 35.5. The Balaban J connectivity index is 0.00000684. The quantitative estimate of drug-likeness (QED) is 0.556. The molecular weight excluding hydrogens is 362 g/mol. The SMILES string of the molecule is Cl.[2H]C([2H])([2H])C([2H])([2H])N(CC#CCOC(=O)C(O)(c1ccccc1)C1CCCCC1)C([2H])([2H])C([2H])([2H])[2H]. The van der Waals surface area contributed by atoms with E-state index in [-0.39, 0.29) is 23.2 Å². The molecule has 27 heavy (non-hydrogen) atoms. The maximum atomic E-state index is 13.0. The van der Waals surface area contributed by atoms with E-state index < -0.39 is 51.4 Å². The number of rotatable bonds is 7. The van der Waals surface area contributed by atoms with E-state index in [1.54, 1.807) is 30.3 Å². The van der Waals surface area contributed by atoms with Gasteiger partial charge in [-0.2, -0.15) is 0 Å². The molecule has 0 saturated heterocycles. The van der Waals surface area contributed by atoms with E-state index in [0.29, 0.717) is 18.4 Å². The molecule has 1 aliphatic carbocycles. The van der Waals surface area contributed by atoms with Crippen LogP contribution in [0.5, 0.6) is 0 Å². The second-order valence-corrected chi connectivity index (χ2v) is 6.21. The van der Waals surface area contributed by atoms with Crippen LogP contribution in [-0.2, 0) is 15.1 Å². The van der Waals surface area contributed by atoms with Crippen LogP contribution in [0.3, 0.4) is 0 Å². The molecule has 1 aromatic carbocycles. The van der Waals surface area contributed by atoms with E-state index in [0.717, 1.165) is 19.3 Å². The average molecular weight is 404 g/mol. The summed E-state index contributed by atoms with van der Waals surface area (Å²) in [5, 5.41) is 11.5. The zero-order chi connectivity index (χ0) is 27.4. The molecule has 1 saturated carbocycles. The zero-order valence-corrected chi connectivity index (χ0v) is 15.8. The summed E-state index contributed by atoms with van der Waals surface area (Å²) >= 11 is 0. The van der Waals surface area contributed by atoms with Crippen LogP contribution in [0.25, 0.3) is 0 Å². The summed E-state index contributed by atoms with van der Waals surface area (Å²) in [6.45, 7) is -14.9. The average Bonchev–Trinajstić information content (AvgIpc) is 2.79. The van der Waals surface area contributed by atoms with Crippen molar-refractivity contribution in [2.45, 2.75) is 51.4 Å². The second kappa shape index (κ2) is 12.0. The van der Waals surface area contributed by atoms with Crippen LogP contribution in [-0.4, -0.2) is 42.1 Å². The Morgan fingerprint density at radius 1 is 1.26 bits per heavy atom. The van der Waals surface area contributed by atoms with Crippen LogP contribution in [0.15, 0.2) is 30.3 Å². The van der Waals surface area contributed by atoms with Crippen molar-refractivity contribution in [1.29, 1.82) is 0 Å². The van der Waals surface area contributed by atoms with Gasteiger partial charge in [-0.3, -0.25) is 4.90 Å². The van der Waals surface area contributed by atoms with Crippen LogP contribution < -0.4 is 0 Å². The van der Waals surface area contributed by atoms with Gasteiger partial charge in [-0.05, 0) is 31.4 Å². The first-order valence-corrected chi connectivity index (χ1v) is 8.66. The molecule has 0 radical (unpaired) electrons. The maximum absolute atomic E-state index is 13.0. The summed E-state index contributed by atoms with van der Waals surface area (Å²) in [5.41, 5.74) is -1.51. The standard InChI is InChI=1S/C22H31NO3.ClH/c1-3-23(4-2)17-11-12-18-26-21(24)22(25,19-13-7-5-8-14-19)20-15-9-6-10-16-20;/h5,7-8,13-14,20,25H,3-4,6,9-10,15-18H2,1-2H3;1H/i1D3,2D3,3D2,4D2;.